The summed E-state index contributed by atoms with van der Waals surface area (Å²) >= 11 is 6.67. The summed E-state index contributed by atoms with van der Waals surface area (Å²) in [6, 6.07) is 1.92. The molecular formula is C7H8Br2N2. The van der Waals surface area contributed by atoms with Gasteiger partial charge in [0.1, 0.15) is 9.21 Å². The van der Waals surface area contributed by atoms with E-state index >= 15 is 0 Å². The van der Waals surface area contributed by atoms with Crippen LogP contribution in [0.25, 0.3) is 0 Å². The third kappa shape index (κ3) is 2.45. The van der Waals surface area contributed by atoms with Gasteiger partial charge in [-0.2, -0.15) is 5.10 Å². The fourth-order valence-corrected chi connectivity index (χ4v) is 1.85. The molecule has 1 aromatic rings. The molecule has 0 aromatic carbocycles. The minimum absolute atomic E-state index is 0.808. The molecule has 4 heteroatoms. The van der Waals surface area contributed by atoms with Crippen LogP contribution in [-0.4, -0.2) is 9.78 Å². The predicted octanol–water partition coefficient (Wildman–Crippen LogP) is 2.98. The topological polar surface area (TPSA) is 17.8 Å². The second-order valence-electron chi connectivity index (χ2n) is 2.04. The van der Waals surface area contributed by atoms with Crippen molar-refractivity contribution in [1.82, 2.24) is 9.78 Å². The van der Waals surface area contributed by atoms with Crippen molar-refractivity contribution in [2.45, 2.75) is 13.5 Å². The standard InChI is InChI=1S/C7H8Br2N2/c1-2-3-4-11-7(9)5-6(8)10-11/h2-3,5H,4H2,1H3/b3-2+. The van der Waals surface area contributed by atoms with Gasteiger partial charge in [0.05, 0.1) is 6.54 Å². The highest BCUT2D eigenvalue weighted by Gasteiger charge is 1.99. The molecule has 0 bridgehead atoms. The lowest BCUT2D eigenvalue weighted by atomic mass is 10.5. The van der Waals surface area contributed by atoms with E-state index in [0.717, 1.165) is 15.8 Å². The number of allylic oxidation sites excluding steroid dienone is 2. The van der Waals surface area contributed by atoms with Crippen molar-refractivity contribution in [3.05, 3.63) is 27.4 Å². The van der Waals surface area contributed by atoms with Crippen LogP contribution in [0.3, 0.4) is 0 Å². The Balaban J connectivity index is 2.77. The van der Waals surface area contributed by atoms with Gasteiger partial charge in [0.15, 0.2) is 0 Å². The molecule has 0 atom stereocenters. The largest absolute Gasteiger partial charge is 0.254 e. The van der Waals surface area contributed by atoms with Gasteiger partial charge in [0.25, 0.3) is 0 Å². The van der Waals surface area contributed by atoms with Crippen molar-refractivity contribution in [1.29, 1.82) is 0 Å². The molecule has 0 aliphatic heterocycles. The van der Waals surface area contributed by atoms with Crippen LogP contribution >= 0.6 is 31.9 Å². The van der Waals surface area contributed by atoms with Gasteiger partial charge in [-0.05, 0) is 38.8 Å². The molecule has 0 saturated carbocycles. The molecule has 0 saturated heterocycles. The van der Waals surface area contributed by atoms with Crippen LogP contribution in [0.1, 0.15) is 6.92 Å². The molecule has 0 aliphatic rings. The lowest BCUT2D eigenvalue weighted by Gasteiger charge is -1.95. The zero-order valence-corrected chi connectivity index (χ0v) is 9.26. The first-order chi connectivity index (χ1) is 5.24. The highest BCUT2D eigenvalue weighted by atomic mass is 79.9. The minimum atomic E-state index is 0.808. The van der Waals surface area contributed by atoms with Crippen molar-refractivity contribution >= 4 is 31.9 Å². The van der Waals surface area contributed by atoms with E-state index in [1.165, 1.54) is 0 Å². The highest BCUT2D eigenvalue weighted by molar-refractivity contribution is 9.11. The Morgan fingerprint density at radius 2 is 2.36 bits per heavy atom. The number of rotatable bonds is 2. The summed E-state index contributed by atoms with van der Waals surface area (Å²) in [6.07, 6.45) is 4.05. The Morgan fingerprint density at radius 1 is 1.64 bits per heavy atom. The molecule has 1 heterocycles. The first kappa shape index (κ1) is 9.00. The summed E-state index contributed by atoms with van der Waals surface area (Å²) in [5.74, 6) is 0. The second kappa shape index (κ2) is 4.07. The van der Waals surface area contributed by atoms with Gasteiger partial charge in [-0.15, -0.1) is 0 Å². The molecule has 0 unspecified atom stereocenters. The molecule has 60 valence electrons. The van der Waals surface area contributed by atoms with Gasteiger partial charge in [-0.1, -0.05) is 12.2 Å². The summed E-state index contributed by atoms with van der Waals surface area (Å²) in [4.78, 5) is 0. The lowest BCUT2D eigenvalue weighted by molar-refractivity contribution is 0.680. The summed E-state index contributed by atoms with van der Waals surface area (Å²) in [5.41, 5.74) is 0. The molecule has 1 rings (SSSR count). The van der Waals surface area contributed by atoms with E-state index in [1.54, 1.807) is 0 Å². The molecule has 0 fully saturated rings. The summed E-state index contributed by atoms with van der Waals surface area (Å²) in [6.45, 7) is 2.80. The van der Waals surface area contributed by atoms with Crippen LogP contribution in [0.5, 0.6) is 0 Å². The van der Waals surface area contributed by atoms with Crippen LogP contribution < -0.4 is 0 Å². The van der Waals surface area contributed by atoms with Crippen LogP contribution in [0.4, 0.5) is 0 Å². The SMILES string of the molecule is C/C=C/Cn1nc(Br)cc1Br. The van der Waals surface area contributed by atoms with Gasteiger partial charge in [-0.3, -0.25) is 4.68 Å². The average molecular weight is 280 g/mol. The van der Waals surface area contributed by atoms with E-state index in [-0.39, 0.29) is 0 Å². The van der Waals surface area contributed by atoms with Gasteiger partial charge in [0.2, 0.25) is 0 Å². The minimum Gasteiger partial charge on any atom is -0.254 e. The molecule has 0 spiro atoms. The Bertz CT molecular complexity index is 265. The highest BCUT2D eigenvalue weighted by Crippen LogP contribution is 2.15. The first-order valence-electron chi connectivity index (χ1n) is 3.24. The van der Waals surface area contributed by atoms with Crippen molar-refractivity contribution in [3.8, 4) is 0 Å². The van der Waals surface area contributed by atoms with E-state index in [4.69, 9.17) is 0 Å². The van der Waals surface area contributed by atoms with Crippen LogP contribution in [0, 0.1) is 0 Å². The molecule has 11 heavy (non-hydrogen) atoms. The van der Waals surface area contributed by atoms with Crippen molar-refractivity contribution < 1.29 is 0 Å². The fourth-order valence-electron chi connectivity index (χ4n) is 0.698. The zero-order chi connectivity index (χ0) is 8.27. The Labute approximate surface area is 82.5 Å². The number of nitrogens with zero attached hydrogens (tertiary/aromatic N) is 2. The lowest BCUT2D eigenvalue weighted by Crippen LogP contribution is -1.96. The summed E-state index contributed by atoms with van der Waals surface area (Å²) < 4.78 is 3.71. The molecule has 0 N–H and O–H groups in total. The number of hydrogen-bond donors (Lipinski definition) is 0. The smallest absolute Gasteiger partial charge is 0.129 e. The van der Waals surface area contributed by atoms with Crippen molar-refractivity contribution in [2.75, 3.05) is 0 Å². The fraction of sp³-hybridized carbons (Fsp3) is 0.286. The number of aromatic nitrogens is 2. The van der Waals surface area contributed by atoms with Crippen molar-refractivity contribution in [2.24, 2.45) is 0 Å². The van der Waals surface area contributed by atoms with Gasteiger partial charge in [0, 0.05) is 6.07 Å². The second-order valence-corrected chi connectivity index (χ2v) is 3.67. The number of halogens is 2. The van der Waals surface area contributed by atoms with E-state index in [0.29, 0.717) is 0 Å². The van der Waals surface area contributed by atoms with Crippen LogP contribution in [-0.2, 0) is 6.54 Å². The third-order valence-electron chi connectivity index (χ3n) is 1.22. The predicted molar refractivity (Wildman–Crippen MR) is 52.4 cm³/mol. The maximum Gasteiger partial charge on any atom is 0.129 e. The molecule has 0 amide bonds. The Morgan fingerprint density at radius 3 is 2.82 bits per heavy atom. The first-order valence-corrected chi connectivity index (χ1v) is 4.82. The maximum atomic E-state index is 4.18. The van der Waals surface area contributed by atoms with Crippen LogP contribution in [0.2, 0.25) is 0 Å². The van der Waals surface area contributed by atoms with Crippen LogP contribution in [0.15, 0.2) is 27.4 Å². The molecular weight excluding hydrogens is 272 g/mol. The maximum absolute atomic E-state index is 4.18. The van der Waals surface area contributed by atoms with Gasteiger partial charge < -0.3 is 0 Å². The Kier molecular flexibility index (Phi) is 3.33. The van der Waals surface area contributed by atoms with E-state index in [1.807, 2.05) is 29.8 Å². The van der Waals surface area contributed by atoms with Crippen molar-refractivity contribution in [3.63, 3.8) is 0 Å². The molecule has 0 radical (unpaired) electrons. The Hall–Kier alpha value is -0.0900. The summed E-state index contributed by atoms with van der Waals surface area (Å²) in [5, 5.41) is 4.18. The monoisotopic (exact) mass is 278 g/mol. The zero-order valence-electron chi connectivity index (χ0n) is 6.09. The van der Waals surface area contributed by atoms with E-state index in [2.05, 4.69) is 37.0 Å². The normalized spacial score (nSPS) is 11.2. The van der Waals surface area contributed by atoms with E-state index in [9.17, 15) is 0 Å². The molecule has 2 nitrogen and oxygen atoms in total. The van der Waals surface area contributed by atoms with Gasteiger partial charge >= 0.3 is 0 Å². The quantitative estimate of drug-likeness (QED) is 0.761. The third-order valence-corrected chi connectivity index (χ3v) is 2.24. The summed E-state index contributed by atoms with van der Waals surface area (Å²) in [7, 11) is 0. The van der Waals surface area contributed by atoms with E-state index < -0.39 is 0 Å². The van der Waals surface area contributed by atoms with Gasteiger partial charge in [-0.25, -0.2) is 0 Å². The molecule has 0 aliphatic carbocycles. The molecule has 1 aromatic heterocycles. The number of hydrogen-bond acceptors (Lipinski definition) is 1. The average Bonchev–Trinajstić information content (AvgIpc) is 2.26.